The Bertz CT molecular complexity index is 1270. The van der Waals surface area contributed by atoms with Crippen LogP contribution in [0.3, 0.4) is 0 Å². The molecule has 10 heteroatoms. The van der Waals surface area contributed by atoms with Gasteiger partial charge in [-0.05, 0) is 24.6 Å². The van der Waals surface area contributed by atoms with E-state index >= 15 is 0 Å². The molecule has 2 N–H and O–H groups in total. The number of rotatable bonds is 7. The average Bonchev–Trinajstić information content (AvgIpc) is 3.46. The SMILES string of the molecule is COc1ccc2c(c1OC)C(=O)N1c3ccccc3C(=O)N(CCCC(=O)Nc3ncc[nH]3)[C@@H]21. The summed E-state index contributed by atoms with van der Waals surface area (Å²) in [5, 5.41) is 2.68. The third kappa shape index (κ3) is 3.35. The molecule has 5 rings (SSSR count). The zero-order valence-corrected chi connectivity index (χ0v) is 18.7. The molecule has 0 saturated heterocycles. The van der Waals surface area contributed by atoms with Crippen LogP contribution in [0.25, 0.3) is 0 Å². The standard InChI is InChI=1S/C24H23N5O5/c1-33-17-10-9-15-19(20(17)34-2)23(32)29-16-7-4-3-6-14(16)22(31)28(21(15)29)13-5-8-18(30)27-24-25-11-12-26-24/h3-4,6-7,9-12,21H,5,8,13H2,1-2H3,(H2,25,26,27,30)/t21-/m1/s1. The van der Waals surface area contributed by atoms with Gasteiger partial charge >= 0.3 is 0 Å². The Kier molecular flexibility index (Phi) is 5.40. The first-order valence-corrected chi connectivity index (χ1v) is 10.8. The Balaban J connectivity index is 1.48. The van der Waals surface area contributed by atoms with E-state index in [-0.39, 0.29) is 30.7 Å². The number of fused-ring (bicyclic) bond motifs is 5. The number of hydrogen-bond donors (Lipinski definition) is 2. The zero-order chi connectivity index (χ0) is 23.8. The lowest BCUT2D eigenvalue weighted by atomic mass is 10.0. The summed E-state index contributed by atoms with van der Waals surface area (Å²) in [5.74, 6) is 0.466. The van der Waals surface area contributed by atoms with Crippen LogP contribution in [0.5, 0.6) is 11.5 Å². The first-order chi connectivity index (χ1) is 16.5. The maximum Gasteiger partial charge on any atom is 0.264 e. The van der Waals surface area contributed by atoms with Crippen molar-refractivity contribution in [2.45, 2.75) is 19.0 Å². The second-order valence-corrected chi connectivity index (χ2v) is 7.92. The Labute approximate surface area is 195 Å². The first-order valence-electron chi connectivity index (χ1n) is 10.8. The van der Waals surface area contributed by atoms with Gasteiger partial charge in [0.25, 0.3) is 11.8 Å². The normalized spacial score (nSPS) is 16.1. The van der Waals surface area contributed by atoms with Crippen molar-refractivity contribution >= 4 is 29.4 Å². The minimum absolute atomic E-state index is 0.186. The van der Waals surface area contributed by atoms with Gasteiger partial charge in [-0.3, -0.25) is 24.6 Å². The number of benzene rings is 2. The number of ether oxygens (including phenoxy) is 2. The molecule has 2 aliphatic rings. The van der Waals surface area contributed by atoms with Gasteiger partial charge in [0.15, 0.2) is 11.5 Å². The van der Waals surface area contributed by atoms with Crippen LogP contribution in [-0.4, -0.2) is 53.4 Å². The van der Waals surface area contributed by atoms with Crippen LogP contribution >= 0.6 is 0 Å². The molecule has 0 radical (unpaired) electrons. The number of amides is 3. The molecule has 174 valence electrons. The molecular weight excluding hydrogens is 438 g/mol. The van der Waals surface area contributed by atoms with Crippen LogP contribution in [0.1, 0.15) is 45.3 Å². The summed E-state index contributed by atoms with van der Waals surface area (Å²) in [6.07, 6.45) is 3.11. The van der Waals surface area contributed by atoms with E-state index in [0.717, 1.165) is 0 Å². The van der Waals surface area contributed by atoms with Gasteiger partial charge in [-0.2, -0.15) is 0 Å². The van der Waals surface area contributed by atoms with Crippen molar-refractivity contribution < 1.29 is 23.9 Å². The maximum atomic E-state index is 13.6. The van der Waals surface area contributed by atoms with Crippen molar-refractivity contribution in [3.05, 3.63) is 65.5 Å². The van der Waals surface area contributed by atoms with Crippen molar-refractivity contribution in [3.63, 3.8) is 0 Å². The van der Waals surface area contributed by atoms with Gasteiger partial charge in [-0.25, -0.2) is 4.98 Å². The van der Waals surface area contributed by atoms with Gasteiger partial charge in [0.1, 0.15) is 6.17 Å². The summed E-state index contributed by atoms with van der Waals surface area (Å²) in [4.78, 5) is 49.5. The van der Waals surface area contributed by atoms with Crippen molar-refractivity contribution in [1.29, 1.82) is 0 Å². The number of methoxy groups -OCH3 is 2. The van der Waals surface area contributed by atoms with Crippen LogP contribution in [0, 0.1) is 0 Å². The monoisotopic (exact) mass is 461 g/mol. The fourth-order valence-electron chi connectivity index (χ4n) is 4.59. The van der Waals surface area contributed by atoms with Gasteiger partial charge in [0, 0.05) is 30.9 Å². The molecule has 3 amide bonds. The number of aromatic amines is 1. The molecule has 0 saturated carbocycles. The number of H-pyrrole nitrogens is 1. The third-order valence-electron chi connectivity index (χ3n) is 6.04. The lowest BCUT2D eigenvalue weighted by Gasteiger charge is -2.40. The summed E-state index contributed by atoms with van der Waals surface area (Å²) >= 11 is 0. The van der Waals surface area contributed by atoms with Crippen molar-refractivity contribution in [1.82, 2.24) is 14.9 Å². The van der Waals surface area contributed by atoms with Crippen LogP contribution in [0.2, 0.25) is 0 Å². The Morgan fingerprint density at radius 2 is 1.94 bits per heavy atom. The van der Waals surface area contributed by atoms with Crippen LogP contribution in [-0.2, 0) is 4.79 Å². The molecule has 1 atom stereocenters. The Morgan fingerprint density at radius 1 is 1.12 bits per heavy atom. The van der Waals surface area contributed by atoms with Gasteiger partial charge in [0.2, 0.25) is 11.9 Å². The highest BCUT2D eigenvalue weighted by molar-refractivity contribution is 6.18. The molecule has 0 bridgehead atoms. The topological polar surface area (TPSA) is 117 Å². The van der Waals surface area contributed by atoms with E-state index < -0.39 is 6.17 Å². The first kappa shape index (κ1) is 21.5. The van der Waals surface area contributed by atoms with Gasteiger partial charge in [-0.15, -0.1) is 0 Å². The third-order valence-corrected chi connectivity index (χ3v) is 6.04. The zero-order valence-electron chi connectivity index (χ0n) is 18.7. The molecule has 3 heterocycles. The highest BCUT2D eigenvalue weighted by Crippen LogP contribution is 2.49. The predicted molar refractivity (Wildman–Crippen MR) is 123 cm³/mol. The molecule has 2 aromatic carbocycles. The number of hydrogen-bond acceptors (Lipinski definition) is 6. The Morgan fingerprint density at radius 3 is 2.68 bits per heavy atom. The number of nitrogens with one attached hydrogen (secondary N) is 2. The lowest BCUT2D eigenvalue weighted by Crippen LogP contribution is -2.48. The van der Waals surface area contributed by atoms with E-state index in [2.05, 4.69) is 15.3 Å². The molecular formula is C24H23N5O5. The minimum Gasteiger partial charge on any atom is -0.493 e. The number of imidazole rings is 1. The molecule has 34 heavy (non-hydrogen) atoms. The highest BCUT2D eigenvalue weighted by atomic mass is 16.5. The number of carbonyl (C=O) groups excluding carboxylic acids is 3. The van der Waals surface area contributed by atoms with Crippen molar-refractivity contribution in [2.75, 3.05) is 31.0 Å². The smallest absolute Gasteiger partial charge is 0.264 e. The summed E-state index contributed by atoms with van der Waals surface area (Å²) < 4.78 is 10.9. The summed E-state index contributed by atoms with van der Waals surface area (Å²) in [6, 6.07) is 10.6. The maximum absolute atomic E-state index is 13.6. The molecule has 1 aromatic heterocycles. The largest absolute Gasteiger partial charge is 0.493 e. The average molecular weight is 461 g/mol. The summed E-state index contributed by atoms with van der Waals surface area (Å²) in [6.45, 7) is 0.279. The van der Waals surface area contributed by atoms with Crippen LogP contribution in [0.15, 0.2) is 48.8 Å². The van der Waals surface area contributed by atoms with E-state index in [0.29, 0.717) is 46.2 Å². The molecule has 0 unspecified atom stereocenters. The van der Waals surface area contributed by atoms with Gasteiger partial charge in [-0.1, -0.05) is 18.2 Å². The quantitative estimate of drug-likeness (QED) is 0.559. The fourth-order valence-corrected chi connectivity index (χ4v) is 4.59. The summed E-state index contributed by atoms with van der Waals surface area (Å²) in [7, 11) is 2.99. The van der Waals surface area contributed by atoms with E-state index in [1.807, 2.05) is 0 Å². The molecule has 3 aromatic rings. The number of para-hydroxylation sites is 1. The number of anilines is 2. The van der Waals surface area contributed by atoms with E-state index in [9.17, 15) is 14.4 Å². The summed E-state index contributed by atoms with van der Waals surface area (Å²) in [5.41, 5.74) is 2.01. The van der Waals surface area contributed by atoms with Crippen LogP contribution in [0.4, 0.5) is 11.6 Å². The van der Waals surface area contributed by atoms with Gasteiger partial charge < -0.3 is 19.4 Å². The lowest BCUT2D eigenvalue weighted by molar-refractivity contribution is -0.116. The van der Waals surface area contributed by atoms with Gasteiger partial charge in [0.05, 0.1) is 31.0 Å². The van der Waals surface area contributed by atoms with E-state index in [4.69, 9.17) is 9.47 Å². The molecule has 0 fully saturated rings. The second-order valence-electron chi connectivity index (χ2n) is 7.92. The van der Waals surface area contributed by atoms with E-state index in [1.165, 1.54) is 14.2 Å². The number of nitrogens with zero attached hydrogens (tertiary/aromatic N) is 3. The fraction of sp³-hybridized carbons (Fsp3) is 0.250. The predicted octanol–water partition coefficient (Wildman–Crippen LogP) is 2.96. The molecule has 10 nitrogen and oxygen atoms in total. The number of aromatic nitrogens is 2. The minimum atomic E-state index is -0.641. The second kappa shape index (κ2) is 8.54. The molecule has 0 spiro atoms. The highest BCUT2D eigenvalue weighted by Gasteiger charge is 2.49. The van der Waals surface area contributed by atoms with E-state index in [1.54, 1.807) is 58.6 Å². The number of carbonyl (C=O) groups is 3. The van der Waals surface area contributed by atoms with Crippen molar-refractivity contribution in [2.24, 2.45) is 0 Å². The Hall–Kier alpha value is -4.34. The molecule has 0 aliphatic carbocycles. The molecule has 2 aliphatic heterocycles. The van der Waals surface area contributed by atoms with Crippen molar-refractivity contribution in [3.8, 4) is 11.5 Å². The van der Waals surface area contributed by atoms with Crippen LogP contribution < -0.4 is 19.7 Å².